The Hall–Kier alpha value is -3.47. The van der Waals surface area contributed by atoms with E-state index in [-0.39, 0.29) is 12.3 Å². The molecule has 4 rings (SSSR count). The molecule has 2 aromatic carbocycles. The number of nitrogens with zero attached hydrogens (tertiary/aromatic N) is 3. The first-order valence-corrected chi connectivity index (χ1v) is 11.2. The minimum Gasteiger partial charge on any atom is -0.485 e. The zero-order valence-corrected chi connectivity index (χ0v) is 18.9. The molecule has 0 spiro atoms. The molecule has 1 aliphatic heterocycles. The maximum absolute atomic E-state index is 12.9. The number of amides is 1. The third kappa shape index (κ3) is 5.19. The molecule has 1 aromatic heterocycles. The second-order valence-corrected chi connectivity index (χ2v) is 8.74. The summed E-state index contributed by atoms with van der Waals surface area (Å²) in [5.41, 5.74) is -0.774. The van der Waals surface area contributed by atoms with Crippen LogP contribution in [-0.4, -0.2) is 32.5 Å². The molecule has 0 aliphatic carbocycles. The number of nitrogens with one attached hydrogen (secondary N) is 1. The molecule has 0 radical (unpaired) electrons. The lowest BCUT2D eigenvalue weighted by Gasteiger charge is -2.26. The van der Waals surface area contributed by atoms with Crippen LogP contribution in [0.1, 0.15) is 24.4 Å². The van der Waals surface area contributed by atoms with E-state index in [1.165, 1.54) is 12.1 Å². The number of thioether (sulfide) groups is 1. The van der Waals surface area contributed by atoms with E-state index in [0.29, 0.717) is 29.0 Å². The van der Waals surface area contributed by atoms with Gasteiger partial charge < -0.3 is 14.8 Å². The first kappa shape index (κ1) is 23.7. The molecular formula is C23H21F3N4O3S. The third-order valence-corrected chi connectivity index (χ3v) is 6.04. The Morgan fingerprint density at radius 3 is 2.76 bits per heavy atom. The summed E-state index contributed by atoms with van der Waals surface area (Å²) in [5.74, 6) is 1.28. The summed E-state index contributed by atoms with van der Waals surface area (Å²) in [5, 5.41) is 10.8. The van der Waals surface area contributed by atoms with Crippen LogP contribution in [-0.2, 0) is 17.5 Å². The highest BCUT2D eigenvalue weighted by molar-refractivity contribution is 8.00. The fourth-order valence-electron chi connectivity index (χ4n) is 3.30. The Bertz CT molecular complexity index is 1200. The first-order chi connectivity index (χ1) is 16.3. The Morgan fingerprint density at radius 2 is 2.03 bits per heavy atom. The Morgan fingerprint density at radius 1 is 1.26 bits per heavy atom. The van der Waals surface area contributed by atoms with Crippen molar-refractivity contribution in [1.82, 2.24) is 14.8 Å². The zero-order chi connectivity index (χ0) is 24.3. The van der Waals surface area contributed by atoms with E-state index in [2.05, 4.69) is 22.1 Å². The number of halogens is 3. The third-order valence-electron chi connectivity index (χ3n) is 4.96. The van der Waals surface area contributed by atoms with Gasteiger partial charge in [0.15, 0.2) is 28.6 Å². The zero-order valence-electron chi connectivity index (χ0n) is 18.1. The summed E-state index contributed by atoms with van der Waals surface area (Å²) in [6, 6.07) is 11.8. The highest BCUT2D eigenvalue weighted by Crippen LogP contribution is 2.36. The summed E-state index contributed by atoms with van der Waals surface area (Å²) in [6.07, 6.45) is -3.34. The predicted molar refractivity (Wildman–Crippen MR) is 121 cm³/mol. The number of ether oxygens (including phenoxy) is 2. The molecule has 2 atom stereocenters. The van der Waals surface area contributed by atoms with Gasteiger partial charge in [0.05, 0.1) is 10.8 Å². The van der Waals surface area contributed by atoms with E-state index < -0.39 is 29.0 Å². The lowest BCUT2D eigenvalue weighted by molar-refractivity contribution is -0.137. The smallest absolute Gasteiger partial charge is 0.416 e. The molecule has 3 aromatic rings. The van der Waals surface area contributed by atoms with Crippen molar-refractivity contribution < 1.29 is 27.4 Å². The SMILES string of the molecule is C=CCn1c(SC(C)C(=O)Nc2cccc(C(F)(F)F)c2)nnc1C1COc2ccccc2O1. The van der Waals surface area contributed by atoms with Gasteiger partial charge in [-0.05, 0) is 37.3 Å². The summed E-state index contributed by atoms with van der Waals surface area (Å²) in [7, 11) is 0. The Balaban J connectivity index is 1.48. The van der Waals surface area contributed by atoms with Crippen LogP contribution in [0.3, 0.4) is 0 Å². The molecule has 0 saturated carbocycles. The van der Waals surface area contributed by atoms with Gasteiger partial charge in [-0.3, -0.25) is 9.36 Å². The van der Waals surface area contributed by atoms with E-state index in [9.17, 15) is 18.0 Å². The summed E-state index contributed by atoms with van der Waals surface area (Å²) in [4.78, 5) is 12.7. The van der Waals surface area contributed by atoms with Crippen molar-refractivity contribution in [2.24, 2.45) is 0 Å². The summed E-state index contributed by atoms with van der Waals surface area (Å²) < 4.78 is 52.4. The molecular weight excluding hydrogens is 469 g/mol. The van der Waals surface area contributed by atoms with Gasteiger partial charge in [0.1, 0.15) is 6.61 Å². The number of fused-ring (bicyclic) bond motifs is 1. The standard InChI is InChI=1S/C23H21F3N4O3S/c1-3-11-30-20(19-13-32-17-9-4-5-10-18(17)33-19)28-29-22(30)34-14(2)21(31)27-16-8-6-7-15(12-16)23(24,25)26/h3-10,12,14,19H,1,11,13H2,2H3,(H,27,31). The van der Waals surface area contributed by atoms with Crippen LogP contribution in [0.4, 0.5) is 18.9 Å². The number of hydrogen-bond donors (Lipinski definition) is 1. The number of aromatic nitrogens is 3. The summed E-state index contributed by atoms with van der Waals surface area (Å²) in [6.45, 7) is 6.01. The van der Waals surface area contributed by atoms with E-state index in [1.54, 1.807) is 23.6 Å². The second kappa shape index (κ2) is 9.80. The molecule has 1 N–H and O–H groups in total. The molecule has 0 bridgehead atoms. The van der Waals surface area contributed by atoms with E-state index in [4.69, 9.17) is 9.47 Å². The van der Waals surface area contributed by atoms with Gasteiger partial charge in [0.2, 0.25) is 5.91 Å². The Labute approximate surface area is 198 Å². The topological polar surface area (TPSA) is 78.3 Å². The molecule has 178 valence electrons. The van der Waals surface area contributed by atoms with Crippen molar-refractivity contribution >= 4 is 23.4 Å². The molecule has 7 nitrogen and oxygen atoms in total. The highest BCUT2D eigenvalue weighted by atomic mass is 32.2. The lowest BCUT2D eigenvalue weighted by Crippen LogP contribution is -2.25. The number of carbonyl (C=O) groups is 1. The quantitative estimate of drug-likeness (QED) is 0.366. The van der Waals surface area contributed by atoms with Crippen LogP contribution in [0.25, 0.3) is 0 Å². The molecule has 1 amide bonds. The minimum absolute atomic E-state index is 0.0620. The highest BCUT2D eigenvalue weighted by Gasteiger charge is 2.31. The second-order valence-electron chi connectivity index (χ2n) is 7.43. The van der Waals surface area contributed by atoms with Gasteiger partial charge in [0, 0.05) is 12.2 Å². The fourth-order valence-corrected chi connectivity index (χ4v) is 4.17. The molecule has 0 fully saturated rings. The van der Waals surface area contributed by atoms with Crippen molar-refractivity contribution in [3.05, 3.63) is 72.6 Å². The van der Waals surface area contributed by atoms with Crippen molar-refractivity contribution in [1.29, 1.82) is 0 Å². The number of benzene rings is 2. The van der Waals surface area contributed by atoms with Crippen LogP contribution in [0.15, 0.2) is 66.3 Å². The minimum atomic E-state index is -4.50. The maximum atomic E-state index is 12.9. The molecule has 2 heterocycles. The van der Waals surface area contributed by atoms with Gasteiger partial charge in [-0.1, -0.05) is 36.0 Å². The number of carbonyl (C=O) groups excluding carboxylic acids is 1. The van der Waals surface area contributed by atoms with Crippen LogP contribution in [0.5, 0.6) is 11.5 Å². The van der Waals surface area contributed by atoms with Gasteiger partial charge in [-0.25, -0.2) is 0 Å². The normalized spacial score (nSPS) is 16.1. The number of rotatable bonds is 7. The molecule has 11 heteroatoms. The number of para-hydroxylation sites is 2. The van der Waals surface area contributed by atoms with Gasteiger partial charge in [-0.2, -0.15) is 13.2 Å². The van der Waals surface area contributed by atoms with Crippen molar-refractivity contribution in [3.8, 4) is 11.5 Å². The lowest BCUT2D eigenvalue weighted by atomic mass is 10.2. The average Bonchev–Trinajstić information content (AvgIpc) is 3.20. The maximum Gasteiger partial charge on any atom is 0.416 e. The fraction of sp³-hybridized carbons (Fsp3) is 0.261. The van der Waals surface area contributed by atoms with Crippen LogP contribution < -0.4 is 14.8 Å². The summed E-state index contributed by atoms with van der Waals surface area (Å²) >= 11 is 1.13. The molecule has 2 unspecified atom stereocenters. The van der Waals surface area contributed by atoms with E-state index >= 15 is 0 Å². The average molecular weight is 491 g/mol. The predicted octanol–water partition coefficient (Wildman–Crippen LogP) is 5.11. The largest absolute Gasteiger partial charge is 0.485 e. The van der Waals surface area contributed by atoms with Crippen molar-refractivity contribution in [2.75, 3.05) is 11.9 Å². The Kier molecular flexibility index (Phi) is 6.82. The van der Waals surface area contributed by atoms with Gasteiger partial charge >= 0.3 is 6.18 Å². The number of hydrogen-bond acceptors (Lipinski definition) is 6. The molecule has 0 saturated heterocycles. The van der Waals surface area contributed by atoms with Crippen molar-refractivity contribution in [3.63, 3.8) is 0 Å². The van der Waals surface area contributed by atoms with Crippen molar-refractivity contribution in [2.45, 2.75) is 36.2 Å². The van der Waals surface area contributed by atoms with E-state index in [0.717, 1.165) is 23.9 Å². The van der Waals surface area contributed by atoms with Gasteiger partial charge in [0.25, 0.3) is 0 Å². The first-order valence-electron chi connectivity index (χ1n) is 10.3. The van der Waals surface area contributed by atoms with E-state index in [1.807, 2.05) is 18.2 Å². The molecule has 34 heavy (non-hydrogen) atoms. The van der Waals surface area contributed by atoms with Crippen LogP contribution in [0.2, 0.25) is 0 Å². The molecule has 1 aliphatic rings. The number of alkyl halides is 3. The monoisotopic (exact) mass is 490 g/mol. The van der Waals surface area contributed by atoms with Gasteiger partial charge in [-0.15, -0.1) is 16.8 Å². The number of anilines is 1. The van der Waals surface area contributed by atoms with Crippen LogP contribution in [0, 0.1) is 0 Å². The van der Waals surface area contributed by atoms with Crippen LogP contribution >= 0.6 is 11.8 Å². The number of allylic oxidation sites excluding steroid dienone is 1.